The van der Waals surface area contributed by atoms with Gasteiger partial charge in [-0.3, -0.25) is 4.79 Å². The fourth-order valence-corrected chi connectivity index (χ4v) is 2.56. The van der Waals surface area contributed by atoms with Crippen LogP contribution in [0.3, 0.4) is 0 Å². The average molecular weight is 345 g/mol. The Morgan fingerprint density at radius 2 is 1.88 bits per heavy atom. The summed E-state index contributed by atoms with van der Waals surface area (Å²) in [4.78, 5) is 18.4. The molecule has 0 aliphatic heterocycles. The van der Waals surface area contributed by atoms with Gasteiger partial charge in [-0.05, 0) is 45.0 Å². The van der Waals surface area contributed by atoms with Crippen LogP contribution < -0.4 is 16.0 Å². The van der Waals surface area contributed by atoms with Gasteiger partial charge in [0.25, 0.3) is 0 Å². The van der Waals surface area contributed by atoms with Crippen molar-refractivity contribution >= 4 is 11.9 Å². The lowest BCUT2D eigenvalue weighted by molar-refractivity contribution is -0.122. The van der Waals surface area contributed by atoms with E-state index in [1.165, 1.54) is 11.1 Å². The summed E-state index contributed by atoms with van der Waals surface area (Å²) in [6.45, 7) is 5.70. The SMILES string of the molecule is CCNC(=NCc1cccc(CN(C)C)c1)NCCNC(=O)C1CC1. The Morgan fingerprint density at radius 1 is 1.16 bits per heavy atom. The Hall–Kier alpha value is -2.08. The second-order valence-corrected chi connectivity index (χ2v) is 6.74. The van der Waals surface area contributed by atoms with Gasteiger partial charge in [-0.25, -0.2) is 4.99 Å². The molecule has 6 heteroatoms. The molecule has 0 radical (unpaired) electrons. The smallest absolute Gasteiger partial charge is 0.223 e. The number of hydrogen-bond acceptors (Lipinski definition) is 3. The summed E-state index contributed by atoms with van der Waals surface area (Å²) >= 11 is 0. The number of amides is 1. The first-order valence-corrected chi connectivity index (χ1v) is 9.11. The molecule has 6 nitrogen and oxygen atoms in total. The summed E-state index contributed by atoms with van der Waals surface area (Å²) in [6.07, 6.45) is 2.08. The van der Waals surface area contributed by atoms with Gasteiger partial charge in [0.2, 0.25) is 5.91 Å². The zero-order chi connectivity index (χ0) is 18.1. The summed E-state index contributed by atoms with van der Waals surface area (Å²) in [5, 5.41) is 9.46. The fraction of sp³-hybridized carbons (Fsp3) is 0.579. The molecule has 2 rings (SSSR count). The summed E-state index contributed by atoms with van der Waals surface area (Å²) in [7, 11) is 4.14. The maximum atomic E-state index is 11.6. The van der Waals surface area contributed by atoms with E-state index in [0.717, 1.165) is 31.9 Å². The number of carbonyl (C=O) groups excluding carboxylic acids is 1. The molecule has 0 atom stereocenters. The minimum absolute atomic E-state index is 0.182. The Kier molecular flexibility index (Phi) is 7.73. The highest BCUT2D eigenvalue weighted by atomic mass is 16.2. The molecule has 25 heavy (non-hydrogen) atoms. The van der Waals surface area contributed by atoms with Gasteiger partial charge < -0.3 is 20.9 Å². The van der Waals surface area contributed by atoms with Gasteiger partial charge in [0.05, 0.1) is 6.54 Å². The molecular formula is C19H31N5O. The van der Waals surface area contributed by atoms with Crippen molar-refractivity contribution in [3.8, 4) is 0 Å². The van der Waals surface area contributed by atoms with Crippen LogP contribution in [0.2, 0.25) is 0 Å². The summed E-state index contributed by atoms with van der Waals surface area (Å²) < 4.78 is 0. The van der Waals surface area contributed by atoms with Crippen LogP contribution in [0.1, 0.15) is 30.9 Å². The van der Waals surface area contributed by atoms with E-state index >= 15 is 0 Å². The number of hydrogen-bond donors (Lipinski definition) is 3. The number of nitrogens with one attached hydrogen (secondary N) is 3. The summed E-state index contributed by atoms with van der Waals surface area (Å²) in [5.74, 6) is 1.22. The highest BCUT2D eigenvalue weighted by Gasteiger charge is 2.28. The van der Waals surface area contributed by atoms with Crippen LogP contribution in [-0.4, -0.2) is 50.5 Å². The van der Waals surface area contributed by atoms with Crippen molar-refractivity contribution in [2.24, 2.45) is 10.9 Å². The average Bonchev–Trinajstić information content (AvgIpc) is 3.41. The number of benzene rings is 1. The Morgan fingerprint density at radius 3 is 2.56 bits per heavy atom. The number of aliphatic imine (C=N–C) groups is 1. The monoisotopic (exact) mass is 345 g/mol. The molecule has 1 aliphatic carbocycles. The fourth-order valence-electron chi connectivity index (χ4n) is 2.56. The van der Waals surface area contributed by atoms with E-state index in [-0.39, 0.29) is 11.8 Å². The van der Waals surface area contributed by atoms with Gasteiger partial charge in [0, 0.05) is 32.1 Å². The molecule has 138 valence electrons. The number of carbonyl (C=O) groups is 1. The highest BCUT2D eigenvalue weighted by Crippen LogP contribution is 2.28. The number of nitrogens with zero attached hydrogens (tertiary/aromatic N) is 2. The van der Waals surface area contributed by atoms with Crippen molar-refractivity contribution in [2.75, 3.05) is 33.7 Å². The molecular weight excluding hydrogens is 314 g/mol. The van der Waals surface area contributed by atoms with E-state index in [0.29, 0.717) is 19.6 Å². The van der Waals surface area contributed by atoms with Crippen LogP contribution in [0.15, 0.2) is 29.3 Å². The molecule has 3 N–H and O–H groups in total. The third kappa shape index (κ3) is 7.56. The molecule has 1 aliphatic rings. The van der Waals surface area contributed by atoms with Crippen molar-refractivity contribution in [2.45, 2.75) is 32.9 Å². The van der Waals surface area contributed by atoms with E-state index in [1.54, 1.807) is 0 Å². The first kappa shape index (κ1) is 19.2. The third-order valence-corrected chi connectivity index (χ3v) is 3.92. The highest BCUT2D eigenvalue weighted by molar-refractivity contribution is 5.81. The van der Waals surface area contributed by atoms with Crippen LogP contribution in [0, 0.1) is 5.92 Å². The van der Waals surface area contributed by atoms with Crippen LogP contribution in [0.4, 0.5) is 0 Å². The molecule has 0 unspecified atom stereocenters. The predicted molar refractivity (Wildman–Crippen MR) is 102 cm³/mol. The predicted octanol–water partition coefficient (Wildman–Crippen LogP) is 1.33. The molecule has 0 aromatic heterocycles. The third-order valence-electron chi connectivity index (χ3n) is 3.92. The zero-order valence-corrected chi connectivity index (χ0v) is 15.6. The molecule has 0 heterocycles. The molecule has 0 saturated heterocycles. The zero-order valence-electron chi connectivity index (χ0n) is 15.6. The second kappa shape index (κ2) is 10.0. The van der Waals surface area contributed by atoms with Crippen molar-refractivity contribution in [3.05, 3.63) is 35.4 Å². The van der Waals surface area contributed by atoms with Gasteiger partial charge in [-0.2, -0.15) is 0 Å². The van der Waals surface area contributed by atoms with E-state index < -0.39 is 0 Å². The molecule has 0 spiro atoms. The first-order chi connectivity index (χ1) is 12.1. The largest absolute Gasteiger partial charge is 0.357 e. The van der Waals surface area contributed by atoms with Crippen molar-refractivity contribution < 1.29 is 4.79 Å². The van der Waals surface area contributed by atoms with Gasteiger partial charge in [0.1, 0.15) is 0 Å². The maximum Gasteiger partial charge on any atom is 0.223 e. The summed E-state index contributed by atoms with van der Waals surface area (Å²) in [5.41, 5.74) is 2.48. The van der Waals surface area contributed by atoms with E-state index in [9.17, 15) is 4.79 Å². The Labute approximate surface area is 151 Å². The lowest BCUT2D eigenvalue weighted by Crippen LogP contribution is -2.41. The second-order valence-electron chi connectivity index (χ2n) is 6.74. The van der Waals surface area contributed by atoms with E-state index in [1.807, 2.05) is 6.92 Å². The first-order valence-electron chi connectivity index (χ1n) is 9.11. The van der Waals surface area contributed by atoms with Gasteiger partial charge in [-0.1, -0.05) is 24.3 Å². The van der Waals surface area contributed by atoms with E-state index in [4.69, 9.17) is 0 Å². The molecule has 1 aromatic carbocycles. The molecule has 1 saturated carbocycles. The number of rotatable bonds is 9. The lowest BCUT2D eigenvalue weighted by atomic mass is 10.1. The molecule has 1 amide bonds. The van der Waals surface area contributed by atoms with Gasteiger partial charge in [0.15, 0.2) is 5.96 Å². The van der Waals surface area contributed by atoms with Gasteiger partial charge >= 0.3 is 0 Å². The maximum absolute atomic E-state index is 11.6. The molecule has 1 fully saturated rings. The topological polar surface area (TPSA) is 68.8 Å². The Bertz CT molecular complexity index is 581. The summed E-state index contributed by atoms with van der Waals surface area (Å²) in [6, 6.07) is 8.52. The normalized spacial score (nSPS) is 14.5. The minimum atomic E-state index is 0.182. The lowest BCUT2D eigenvalue weighted by Gasteiger charge is -2.13. The van der Waals surface area contributed by atoms with Crippen LogP contribution in [0.25, 0.3) is 0 Å². The van der Waals surface area contributed by atoms with Crippen molar-refractivity contribution in [1.29, 1.82) is 0 Å². The molecule has 0 bridgehead atoms. The van der Waals surface area contributed by atoms with E-state index in [2.05, 4.69) is 64.2 Å². The quantitative estimate of drug-likeness (QED) is 0.359. The Balaban J connectivity index is 1.80. The van der Waals surface area contributed by atoms with Crippen LogP contribution >= 0.6 is 0 Å². The standard InChI is InChI=1S/C19H31N5O/c1-4-20-19(22-11-10-21-18(25)17-8-9-17)23-13-15-6-5-7-16(12-15)14-24(2)3/h5-7,12,17H,4,8-11,13-14H2,1-3H3,(H,21,25)(H2,20,22,23). The van der Waals surface area contributed by atoms with Crippen LogP contribution in [0.5, 0.6) is 0 Å². The van der Waals surface area contributed by atoms with Crippen molar-refractivity contribution in [1.82, 2.24) is 20.9 Å². The molecule has 1 aromatic rings. The van der Waals surface area contributed by atoms with Crippen LogP contribution in [-0.2, 0) is 17.9 Å². The van der Waals surface area contributed by atoms with Gasteiger partial charge in [-0.15, -0.1) is 0 Å². The number of guanidine groups is 1. The van der Waals surface area contributed by atoms with Crippen molar-refractivity contribution in [3.63, 3.8) is 0 Å². The minimum Gasteiger partial charge on any atom is -0.357 e.